The largest absolute Gasteiger partial charge is 0.476 e. The fraction of sp³-hybridized carbons (Fsp3) is 0.417. The normalized spacial score (nSPS) is 17.8. The minimum absolute atomic E-state index is 0.0109. The lowest BCUT2D eigenvalue weighted by Gasteiger charge is -2.28. The van der Waals surface area contributed by atoms with E-state index in [0.29, 0.717) is 32.3 Å². The van der Waals surface area contributed by atoms with Crippen LogP contribution in [0.2, 0.25) is 0 Å². The molecule has 1 aromatic carbocycles. The molecular weight excluding hydrogens is 394 g/mol. The van der Waals surface area contributed by atoms with Crippen LogP contribution in [0.1, 0.15) is 18.1 Å². The van der Waals surface area contributed by atoms with Crippen molar-refractivity contribution in [1.82, 2.24) is 14.3 Å². The molecule has 4 heterocycles. The Bertz CT molecular complexity index is 1160. The molecule has 31 heavy (non-hydrogen) atoms. The van der Waals surface area contributed by atoms with Crippen LogP contribution in [0.4, 0.5) is 0 Å². The molecule has 2 aliphatic heterocycles. The Morgan fingerprint density at radius 3 is 2.90 bits per heavy atom. The predicted octanol–water partition coefficient (Wildman–Crippen LogP) is 3.06. The molecule has 0 N–H and O–H groups in total. The number of fused-ring (bicyclic) bond motifs is 3. The van der Waals surface area contributed by atoms with Gasteiger partial charge in [-0.2, -0.15) is 5.10 Å². The first kappa shape index (κ1) is 20.0. The van der Waals surface area contributed by atoms with E-state index in [9.17, 15) is 4.79 Å². The van der Waals surface area contributed by atoms with Gasteiger partial charge in [0.1, 0.15) is 12.7 Å². The lowest BCUT2D eigenvalue weighted by atomic mass is 9.92. The van der Waals surface area contributed by atoms with E-state index in [1.165, 1.54) is 5.56 Å². The number of aryl methyl sites for hydroxylation is 2. The summed E-state index contributed by atoms with van der Waals surface area (Å²) in [7, 11) is 0. The standard InChI is InChI=1S/C24H27N3O4/c1-3-26-13-19(12-25-26)17-4-5-21-18(10-17)6-7-27-23(11-22(28)16(2)24(21)27)31-15-20-14-29-8-9-30-20/h4-5,10-13,20H,3,6-9,14-15H2,1-2H3/t20-/m0/s1. The Hall–Kier alpha value is -2.90. The Morgan fingerprint density at radius 1 is 1.23 bits per heavy atom. The van der Waals surface area contributed by atoms with Crippen molar-refractivity contribution in [3.8, 4) is 28.3 Å². The Labute approximate surface area is 181 Å². The third kappa shape index (κ3) is 3.79. The topological polar surface area (TPSA) is 67.5 Å². The van der Waals surface area contributed by atoms with Gasteiger partial charge in [-0.3, -0.25) is 9.48 Å². The van der Waals surface area contributed by atoms with Gasteiger partial charge in [0.2, 0.25) is 0 Å². The molecular formula is C24H27N3O4. The van der Waals surface area contributed by atoms with Crippen molar-refractivity contribution in [2.45, 2.75) is 39.5 Å². The maximum atomic E-state index is 12.7. The average molecular weight is 421 g/mol. The monoisotopic (exact) mass is 421 g/mol. The lowest BCUT2D eigenvalue weighted by molar-refractivity contribution is -0.102. The van der Waals surface area contributed by atoms with Crippen LogP contribution in [-0.4, -0.2) is 46.9 Å². The molecule has 2 aliphatic rings. The van der Waals surface area contributed by atoms with Crippen LogP contribution in [0.3, 0.4) is 0 Å². The quantitative estimate of drug-likeness (QED) is 0.633. The number of hydrogen-bond acceptors (Lipinski definition) is 5. The fourth-order valence-electron chi connectivity index (χ4n) is 4.36. The molecule has 162 valence electrons. The summed E-state index contributed by atoms with van der Waals surface area (Å²) in [5.74, 6) is 0.596. The van der Waals surface area contributed by atoms with Crippen molar-refractivity contribution >= 4 is 0 Å². The highest BCUT2D eigenvalue weighted by Gasteiger charge is 2.24. The summed E-state index contributed by atoms with van der Waals surface area (Å²) in [4.78, 5) is 12.7. The van der Waals surface area contributed by atoms with Gasteiger partial charge in [0.05, 0.1) is 31.7 Å². The van der Waals surface area contributed by atoms with Crippen molar-refractivity contribution in [3.05, 3.63) is 58.0 Å². The first-order chi connectivity index (χ1) is 15.1. The van der Waals surface area contributed by atoms with Gasteiger partial charge in [0.15, 0.2) is 11.3 Å². The molecule has 0 radical (unpaired) electrons. The Morgan fingerprint density at radius 2 is 2.13 bits per heavy atom. The average Bonchev–Trinajstić information content (AvgIpc) is 3.29. The first-order valence-corrected chi connectivity index (χ1v) is 10.9. The minimum atomic E-state index is -0.108. The summed E-state index contributed by atoms with van der Waals surface area (Å²) in [5.41, 5.74) is 6.27. The van der Waals surface area contributed by atoms with Crippen molar-refractivity contribution < 1.29 is 14.2 Å². The number of aromatic nitrogens is 3. The van der Waals surface area contributed by atoms with Gasteiger partial charge in [-0.1, -0.05) is 18.2 Å². The molecule has 0 saturated carbocycles. The number of pyridine rings is 1. The zero-order valence-corrected chi connectivity index (χ0v) is 18.0. The second kappa shape index (κ2) is 8.32. The maximum absolute atomic E-state index is 12.7. The van der Waals surface area contributed by atoms with E-state index in [1.54, 1.807) is 6.07 Å². The molecule has 0 aliphatic carbocycles. The van der Waals surface area contributed by atoms with Crippen LogP contribution < -0.4 is 10.2 Å². The zero-order valence-electron chi connectivity index (χ0n) is 18.0. The van der Waals surface area contributed by atoms with Crippen LogP contribution in [0.5, 0.6) is 5.88 Å². The molecule has 0 bridgehead atoms. The molecule has 0 unspecified atom stereocenters. The number of benzene rings is 1. The van der Waals surface area contributed by atoms with Gasteiger partial charge >= 0.3 is 0 Å². The van der Waals surface area contributed by atoms with Crippen molar-refractivity contribution in [2.75, 3.05) is 26.4 Å². The first-order valence-electron chi connectivity index (χ1n) is 10.9. The van der Waals surface area contributed by atoms with Gasteiger partial charge in [0.25, 0.3) is 0 Å². The molecule has 2 aromatic heterocycles. The number of rotatable bonds is 5. The molecule has 0 spiro atoms. The SMILES string of the molecule is CCn1cc(-c2ccc3c(c2)CCn2c(OC[C@@H]4COCCO4)cc(=O)c(C)c2-3)cn1. The molecule has 0 amide bonds. The van der Waals surface area contributed by atoms with Crippen LogP contribution in [-0.2, 0) is 29.0 Å². The second-order valence-corrected chi connectivity index (χ2v) is 8.06. The molecule has 1 fully saturated rings. The maximum Gasteiger partial charge on any atom is 0.197 e. The lowest BCUT2D eigenvalue weighted by Crippen LogP contribution is -2.34. The van der Waals surface area contributed by atoms with E-state index in [0.717, 1.165) is 47.5 Å². The van der Waals surface area contributed by atoms with Crippen LogP contribution >= 0.6 is 0 Å². The highest BCUT2D eigenvalue weighted by atomic mass is 16.6. The van der Waals surface area contributed by atoms with Crippen LogP contribution in [0.15, 0.2) is 41.5 Å². The molecule has 7 heteroatoms. The highest BCUT2D eigenvalue weighted by molar-refractivity contribution is 5.74. The summed E-state index contributed by atoms with van der Waals surface area (Å²) in [6.07, 6.45) is 4.74. The number of hydrogen-bond donors (Lipinski definition) is 0. The van der Waals surface area contributed by atoms with E-state index in [-0.39, 0.29) is 11.5 Å². The molecule has 7 nitrogen and oxygen atoms in total. The van der Waals surface area contributed by atoms with Gasteiger partial charge in [-0.05, 0) is 31.4 Å². The van der Waals surface area contributed by atoms with E-state index >= 15 is 0 Å². The summed E-state index contributed by atoms with van der Waals surface area (Å²) in [5, 5.41) is 4.39. The molecule has 1 atom stereocenters. The van der Waals surface area contributed by atoms with Gasteiger partial charge in [-0.25, -0.2) is 0 Å². The van der Waals surface area contributed by atoms with Crippen molar-refractivity contribution in [1.29, 1.82) is 0 Å². The predicted molar refractivity (Wildman–Crippen MR) is 118 cm³/mol. The summed E-state index contributed by atoms with van der Waals surface area (Å²) in [6.45, 7) is 7.66. The molecule has 3 aromatic rings. The van der Waals surface area contributed by atoms with Crippen molar-refractivity contribution in [3.63, 3.8) is 0 Å². The third-order valence-electron chi connectivity index (χ3n) is 6.07. The summed E-state index contributed by atoms with van der Waals surface area (Å²) in [6, 6.07) is 8.05. The Kier molecular flexibility index (Phi) is 5.38. The van der Waals surface area contributed by atoms with E-state index in [2.05, 4.69) is 41.0 Å². The molecule has 1 saturated heterocycles. The summed E-state index contributed by atoms with van der Waals surface area (Å²) < 4.78 is 21.2. The smallest absolute Gasteiger partial charge is 0.197 e. The highest BCUT2D eigenvalue weighted by Crippen LogP contribution is 2.36. The van der Waals surface area contributed by atoms with Gasteiger partial charge < -0.3 is 18.8 Å². The third-order valence-corrected chi connectivity index (χ3v) is 6.07. The second-order valence-electron chi connectivity index (χ2n) is 8.06. The van der Waals surface area contributed by atoms with Gasteiger partial charge in [0, 0.05) is 42.0 Å². The summed E-state index contributed by atoms with van der Waals surface area (Å²) >= 11 is 0. The molecule has 5 rings (SSSR count). The van der Waals surface area contributed by atoms with E-state index < -0.39 is 0 Å². The van der Waals surface area contributed by atoms with Gasteiger partial charge in [-0.15, -0.1) is 0 Å². The minimum Gasteiger partial charge on any atom is -0.476 e. The Balaban J connectivity index is 1.49. The van der Waals surface area contributed by atoms with Crippen LogP contribution in [0, 0.1) is 6.92 Å². The number of nitrogens with zero attached hydrogens (tertiary/aromatic N) is 3. The zero-order chi connectivity index (χ0) is 21.4. The van der Waals surface area contributed by atoms with Crippen LogP contribution in [0.25, 0.3) is 22.4 Å². The van der Waals surface area contributed by atoms with Crippen molar-refractivity contribution in [2.24, 2.45) is 0 Å². The van der Waals surface area contributed by atoms with E-state index in [4.69, 9.17) is 14.2 Å². The fourth-order valence-corrected chi connectivity index (χ4v) is 4.36. The number of ether oxygens (including phenoxy) is 3. The van der Waals surface area contributed by atoms with E-state index in [1.807, 2.05) is 17.8 Å².